The van der Waals surface area contributed by atoms with Gasteiger partial charge in [0.2, 0.25) is 0 Å². The van der Waals surface area contributed by atoms with E-state index in [4.69, 9.17) is 9.47 Å². The molecule has 0 radical (unpaired) electrons. The van der Waals surface area contributed by atoms with E-state index < -0.39 is 0 Å². The first kappa shape index (κ1) is 23.5. The lowest BCUT2D eigenvalue weighted by molar-refractivity contribution is -0.110. The second-order valence-corrected chi connectivity index (χ2v) is 8.66. The van der Waals surface area contributed by atoms with Crippen LogP contribution in [0.25, 0.3) is 5.57 Å². The van der Waals surface area contributed by atoms with Gasteiger partial charge in [0, 0.05) is 54.8 Å². The number of methoxy groups -OCH3 is 2. The van der Waals surface area contributed by atoms with Gasteiger partial charge in [-0.15, -0.1) is 0 Å². The largest absolute Gasteiger partial charge is 0.493 e. The molecular weight excluding hydrogens is 432 g/mol. The van der Waals surface area contributed by atoms with Gasteiger partial charge in [-0.25, -0.2) is 4.79 Å². The van der Waals surface area contributed by atoms with Crippen LogP contribution in [0.1, 0.15) is 31.7 Å². The van der Waals surface area contributed by atoms with Crippen molar-refractivity contribution in [3.63, 3.8) is 0 Å². The van der Waals surface area contributed by atoms with Crippen molar-refractivity contribution >= 4 is 34.6 Å². The van der Waals surface area contributed by atoms with Crippen molar-refractivity contribution in [3.05, 3.63) is 48.0 Å². The molecule has 0 bridgehead atoms. The van der Waals surface area contributed by atoms with E-state index in [1.165, 1.54) is 6.42 Å². The number of nitrogens with zero attached hydrogens (tertiary/aromatic N) is 2. The fraction of sp³-hybridized carbons (Fsp3) is 0.385. The molecule has 2 N–H and O–H groups in total. The quantitative estimate of drug-likeness (QED) is 0.612. The van der Waals surface area contributed by atoms with Gasteiger partial charge in [0.1, 0.15) is 0 Å². The van der Waals surface area contributed by atoms with Crippen LogP contribution in [0.5, 0.6) is 11.5 Å². The van der Waals surface area contributed by atoms with Crippen LogP contribution in [0, 0.1) is 0 Å². The summed E-state index contributed by atoms with van der Waals surface area (Å²) in [6.45, 7) is 3.63. The van der Waals surface area contributed by atoms with E-state index in [1.54, 1.807) is 25.2 Å². The third kappa shape index (κ3) is 4.81. The highest BCUT2D eigenvalue weighted by atomic mass is 16.5. The monoisotopic (exact) mass is 464 g/mol. The van der Waals surface area contributed by atoms with Crippen LogP contribution in [-0.4, -0.2) is 57.2 Å². The molecule has 2 aromatic carbocycles. The molecule has 1 unspecified atom stereocenters. The van der Waals surface area contributed by atoms with Gasteiger partial charge in [-0.1, -0.05) is 0 Å². The van der Waals surface area contributed by atoms with Crippen LogP contribution in [0.2, 0.25) is 0 Å². The van der Waals surface area contributed by atoms with Crippen LogP contribution in [0.15, 0.2) is 42.5 Å². The number of fused-ring (bicyclic) bond motifs is 1. The molecule has 1 atom stereocenters. The molecule has 2 aliphatic heterocycles. The zero-order valence-corrected chi connectivity index (χ0v) is 20.2. The number of hydrogen-bond acceptors (Lipinski definition) is 5. The lowest BCUT2D eigenvalue weighted by Crippen LogP contribution is -2.43. The lowest BCUT2D eigenvalue weighted by Gasteiger charge is -2.31. The smallest absolute Gasteiger partial charge is 0.324 e. The van der Waals surface area contributed by atoms with E-state index in [-0.39, 0.29) is 18.0 Å². The van der Waals surface area contributed by atoms with Crippen molar-refractivity contribution in [1.82, 2.24) is 4.90 Å². The Morgan fingerprint density at radius 2 is 1.74 bits per heavy atom. The zero-order valence-electron chi connectivity index (χ0n) is 20.2. The summed E-state index contributed by atoms with van der Waals surface area (Å²) >= 11 is 0. The average Bonchev–Trinajstić information content (AvgIpc) is 3.16. The molecule has 34 heavy (non-hydrogen) atoms. The maximum Gasteiger partial charge on any atom is 0.324 e. The number of hydrogen-bond donors (Lipinski definition) is 2. The van der Waals surface area contributed by atoms with Gasteiger partial charge >= 0.3 is 6.03 Å². The Morgan fingerprint density at radius 1 is 1.09 bits per heavy atom. The number of anilines is 3. The second-order valence-electron chi connectivity index (χ2n) is 8.66. The Balaban J connectivity index is 1.45. The number of piperidine rings is 1. The standard InChI is InChI=1S/C26H32N4O4/c1-17(14-21-20-15-23(33-3)24(34-4)16-22(20)28-25(21)31)27-18-8-10-19(11-9-18)29(2)26(32)30-12-6-5-7-13-30/h8-11,14-17,27H,5-7,12-13H2,1-4H3,(H,28,31). The summed E-state index contributed by atoms with van der Waals surface area (Å²) in [4.78, 5) is 29.0. The summed E-state index contributed by atoms with van der Waals surface area (Å²) in [5, 5.41) is 6.29. The number of urea groups is 1. The van der Waals surface area contributed by atoms with E-state index >= 15 is 0 Å². The van der Waals surface area contributed by atoms with E-state index in [2.05, 4.69) is 10.6 Å². The lowest BCUT2D eigenvalue weighted by atomic mass is 10.0. The van der Waals surface area contributed by atoms with Crippen LogP contribution in [0.4, 0.5) is 21.9 Å². The van der Waals surface area contributed by atoms with Gasteiger partial charge in [0.05, 0.1) is 19.9 Å². The first-order valence-electron chi connectivity index (χ1n) is 11.6. The molecule has 4 rings (SSSR count). The SMILES string of the molecule is COc1cc2c(cc1OC)C(=CC(C)Nc1ccc(N(C)C(=O)N3CCCCC3)cc1)C(=O)N2. The Hall–Kier alpha value is -3.68. The molecule has 2 aliphatic rings. The number of likely N-dealkylation sites (tertiary alicyclic amines) is 1. The van der Waals surface area contributed by atoms with Crippen molar-refractivity contribution in [2.45, 2.75) is 32.2 Å². The number of benzene rings is 2. The molecule has 1 saturated heterocycles. The van der Waals surface area contributed by atoms with Crippen molar-refractivity contribution in [1.29, 1.82) is 0 Å². The summed E-state index contributed by atoms with van der Waals surface area (Å²) < 4.78 is 10.7. The van der Waals surface area contributed by atoms with Gasteiger partial charge in [-0.2, -0.15) is 0 Å². The van der Waals surface area contributed by atoms with E-state index in [0.29, 0.717) is 22.8 Å². The van der Waals surface area contributed by atoms with Crippen LogP contribution in [0.3, 0.4) is 0 Å². The van der Waals surface area contributed by atoms with Crippen LogP contribution < -0.4 is 25.0 Å². The minimum Gasteiger partial charge on any atom is -0.493 e. The van der Waals surface area contributed by atoms with Crippen molar-refractivity contribution in [3.8, 4) is 11.5 Å². The third-order valence-electron chi connectivity index (χ3n) is 6.29. The van der Waals surface area contributed by atoms with Crippen molar-refractivity contribution in [2.75, 3.05) is 49.9 Å². The maximum atomic E-state index is 12.7. The predicted octanol–water partition coefficient (Wildman–Crippen LogP) is 4.58. The molecule has 0 saturated carbocycles. The topological polar surface area (TPSA) is 83.1 Å². The summed E-state index contributed by atoms with van der Waals surface area (Å²) in [5.74, 6) is 0.980. The fourth-order valence-electron chi connectivity index (χ4n) is 4.43. The zero-order chi connectivity index (χ0) is 24.2. The van der Waals surface area contributed by atoms with E-state index in [0.717, 1.165) is 42.9 Å². The number of nitrogens with one attached hydrogen (secondary N) is 2. The number of ether oxygens (including phenoxy) is 2. The molecule has 1 fully saturated rings. The van der Waals surface area contributed by atoms with E-state index in [9.17, 15) is 9.59 Å². The van der Waals surface area contributed by atoms with Gasteiger partial charge in [0.25, 0.3) is 5.91 Å². The first-order valence-corrected chi connectivity index (χ1v) is 11.6. The molecule has 2 aromatic rings. The minimum absolute atomic E-state index is 0.0384. The molecule has 0 aromatic heterocycles. The second kappa shape index (κ2) is 10.1. The normalized spacial score (nSPS) is 17.1. The number of carbonyl (C=O) groups is 2. The molecule has 8 heteroatoms. The summed E-state index contributed by atoms with van der Waals surface area (Å²) in [5.41, 5.74) is 3.81. The maximum absolute atomic E-state index is 12.7. The summed E-state index contributed by atoms with van der Waals surface area (Å²) in [6, 6.07) is 11.3. The predicted molar refractivity (Wildman–Crippen MR) is 135 cm³/mol. The number of amides is 3. The number of carbonyl (C=O) groups excluding carboxylic acids is 2. The molecule has 0 aliphatic carbocycles. The first-order chi connectivity index (χ1) is 16.4. The van der Waals surface area contributed by atoms with Gasteiger partial charge < -0.3 is 25.0 Å². The highest BCUT2D eigenvalue weighted by Gasteiger charge is 2.27. The highest BCUT2D eigenvalue weighted by molar-refractivity contribution is 6.31. The Kier molecular flexibility index (Phi) is 6.95. The molecular formula is C26H32N4O4. The Labute approximate surface area is 200 Å². The molecule has 180 valence electrons. The van der Waals surface area contributed by atoms with E-state index in [1.807, 2.05) is 55.3 Å². The molecule has 8 nitrogen and oxygen atoms in total. The number of rotatable bonds is 6. The Bertz CT molecular complexity index is 1090. The van der Waals surface area contributed by atoms with Crippen molar-refractivity contribution in [2.24, 2.45) is 0 Å². The van der Waals surface area contributed by atoms with Gasteiger partial charge in [-0.05, 0) is 62.6 Å². The van der Waals surface area contributed by atoms with Crippen molar-refractivity contribution < 1.29 is 19.1 Å². The molecule has 3 amide bonds. The van der Waals surface area contributed by atoms with Gasteiger partial charge in [-0.3, -0.25) is 9.69 Å². The molecule has 0 spiro atoms. The minimum atomic E-state index is -0.160. The summed E-state index contributed by atoms with van der Waals surface area (Å²) in [6.07, 6.45) is 5.22. The average molecular weight is 465 g/mol. The summed E-state index contributed by atoms with van der Waals surface area (Å²) in [7, 11) is 4.95. The Morgan fingerprint density at radius 3 is 2.38 bits per heavy atom. The van der Waals surface area contributed by atoms with Crippen LogP contribution in [-0.2, 0) is 4.79 Å². The fourth-order valence-corrected chi connectivity index (χ4v) is 4.43. The molecule has 2 heterocycles. The highest BCUT2D eigenvalue weighted by Crippen LogP contribution is 2.40. The third-order valence-corrected chi connectivity index (χ3v) is 6.29. The van der Waals surface area contributed by atoms with Crippen LogP contribution >= 0.6 is 0 Å². The van der Waals surface area contributed by atoms with Gasteiger partial charge in [0.15, 0.2) is 11.5 Å².